The van der Waals surface area contributed by atoms with Crippen molar-refractivity contribution in [2.75, 3.05) is 39.9 Å². The van der Waals surface area contributed by atoms with Gasteiger partial charge < -0.3 is 39.0 Å². The molecule has 7 aliphatic rings. The highest BCUT2D eigenvalue weighted by molar-refractivity contribution is 7.99. The van der Waals surface area contributed by atoms with Crippen molar-refractivity contribution in [1.29, 1.82) is 0 Å². The Hall–Kier alpha value is -4.21. The van der Waals surface area contributed by atoms with Crippen LogP contribution in [0.4, 0.5) is 0 Å². The zero-order valence-corrected chi connectivity index (χ0v) is 31.3. The summed E-state index contributed by atoms with van der Waals surface area (Å²) in [5.74, 6) is 1.09. The summed E-state index contributed by atoms with van der Waals surface area (Å²) in [6.45, 7) is 7.17. The number of phenolic OH excluding ortho intramolecular Hbond substituents is 2. The molecule has 10 rings (SSSR count). The first-order valence-corrected chi connectivity index (χ1v) is 19.0. The minimum Gasteiger partial charge on any atom is -0.508 e. The average molecular weight is 746 g/mol. The number of piperazine rings is 1. The molecule has 7 atom stereocenters. The van der Waals surface area contributed by atoms with Gasteiger partial charge in [-0.05, 0) is 80.6 Å². The number of hydrogen-bond acceptors (Lipinski definition) is 14. The van der Waals surface area contributed by atoms with E-state index < -0.39 is 47.1 Å². The summed E-state index contributed by atoms with van der Waals surface area (Å²) >= 11 is 1.50. The molecule has 14 heteroatoms. The van der Waals surface area contributed by atoms with Crippen LogP contribution in [0.1, 0.15) is 74.3 Å². The predicted molar refractivity (Wildman–Crippen MR) is 193 cm³/mol. The summed E-state index contributed by atoms with van der Waals surface area (Å²) in [6.07, 6.45) is 0.0521. The molecule has 0 amide bonds. The molecule has 7 heterocycles. The zero-order chi connectivity index (χ0) is 37.2. The van der Waals surface area contributed by atoms with Crippen LogP contribution in [0.15, 0.2) is 18.2 Å². The summed E-state index contributed by atoms with van der Waals surface area (Å²) < 4.78 is 30.4. The summed E-state index contributed by atoms with van der Waals surface area (Å²) in [5, 5.41) is 38.2. The number of fused-ring (bicyclic) bond motifs is 9. The third kappa shape index (κ3) is 4.71. The smallest absolute Gasteiger partial charge is 0.331 e. The molecular formula is C39H43N3O10S. The van der Waals surface area contributed by atoms with Crippen LogP contribution in [0.25, 0.3) is 0 Å². The lowest BCUT2D eigenvalue weighted by atomic mass is 9.73. The van der Waals surface area contributed by atoms with E-state index in [0.29, 0.717) is 70.2 Å². The number of aliphatic hydroxyl groups is 1. The highest BCUT2D eigenvalue weighted by Gasteiger charge is 2.61. The van der Waals surface area contributed by atoms with Gasteiger partial charge in [-0.1, -0.05) is 6.07 Å². The maximum absolute atomic E-state index is 14.6. The zero-order valence-electron chi connectivity index (χ0n) is 30.4. The van der Waals surface area contributed by atoms with E-state index in [0.717, 1.165) is 22.3 Å². The van der Waals surface area contributed by atoms with Crippen molar-refractivity contribution in [2.45, 2.75) is 81.7 Å². The molecule has 4 bridgehead atoms. The van der Waals surface area contributed by atoms with Crippen LogP contribution in [0.3, 0.4) is 0 Å². The molecular weight excluding hydrogens is 703 g/mol. The van der Waals surface area contributed by atoms with Gasteiger partial charge in [0.25, 0.3) is 0 Å². The van der Waals surface area contributed by atoms with Crippen molar-refractivity contribution in [1.82, 2.24) is 15.1 Å². The summed E-state index contributed by atoms with van der Waals surface area (Å²) in [6, 6.07) is 3.49. The molecule has 2 saturated heterocycles. The van der Waals surface area contributed by atoms with Gasteiger partial charge in [0.2, 0.25) is 6.79 Å². The number of esters is 2. The van der Waals surface area contributed by atoms with Gasteiger partial charge in [-0.25, -0.2) is 4.79 Å². The number of carbonyl (C=O) groups is 2. The normalized spacial score (nSPS) is 29.8. The molecule has 7 aliphatic heterocycles. The number of carbonyl (C=O) groups excluding carboxylic acids is 2. The molecule has 2 fully saturated rings. The average Bonchev–Trinajstić information content (AvgIpc) is 3.61. The van der Waals surface area contributed by atoms with Crippen molar-refractivity contribution in [3.05, 3.63) is 68.3 Å². The number of rotatable bonds is 2. The lowest BCUT2D eigenvalue weighted by Crippen LogP contribution is -2.70. The number of aliphatic hydroxyl groups excluding tert-OH is 1. The number of ether oxygens (including phenoxy) is 5. The van der Waals surface area contributed by atoms with Gasteiger partial charge in [0.15, 0.2) is 28.5 Å². The van der Waals surface area contributed by atoms with Crippen LogP contribution < -0.4 is 24.3 Å². The van der Waals surface area contributed by atoms with Gasteiger partial charge in [-0.3, -0.25) is 19.9 Å². The summed E-state index contributed by atoms with van der Waals surface area (Å²) in [7, 11) is 3.51. The van der Waals surface area contributed by atoms with Crippen LogP contribution in [0, 0.1) is 20.8 Å². The van der Waals surface area contributed by atoms with Crippen LogP contribution in [-0.2, 0) is 32.7 Å². The quantitative estimate of drug-likeness (QED) is 0.222. The fourth-order valence-electron chi connectivity index (χ4n) is 9.96. The monoisotopic (exact) mass is 745 g/mol. The number of thioether (sulfide) groups is 1. The Morgan fingerprint density at radius 2 is 1.79 bits per heavy atom. The molecule has 0 aromatic heterocycles. The fourth-order valence-corrected chi connectivity index (χ4v) is 11.7. The maximum atomic E-state index is 14.6. The second-order valence-corrected chi connectivity index (χ2v) is 16.2. The second-order valence-electron chi connectivity index (χ2n) is 15.0. The Balaban J connectivity index is 1.32. The van der Waals surface area contributed by atoms with Crippen molar-refractivity contribution in [3.63, 3.8) is 0 Å². The third-order valence-corrected chi connectivity index (χ3v) is 13.8. The van der Waals surface area contributed by atoms with Gasteiger partial charge in [0, 0.05) is 47.5 Å². The molecule has 0 radical (unpaired) electrons. The van der Waals surface area contributed by atoms with Crippen LogP contribution in [0.2, 0.25) is 0 Å². The number of nitrogens with zero attached hydrogens (tertiary/aromatic N) is 2. The number of benzene rings is 3. The fraction of sp³-hybridized carbons (Fsp3) is 0.487. The highest BCUT2D eigenvalue weighted by Crippen LogP contribution is 2.64. The van der Waals surface area contributed by atoms with E-state index in [9.17, 15) is 24.9 Å². The number of methoxy groups -OCH3 is 1. The molecule has 53 heavy (non-hydrogen) atoms. The Labute approximate surface area is 311 Å². The molecule has 3 aromatic carbocycles. The Bertz CT molecular complexity index is 2110. The highest BCUT2D eigenvalue weighted by atomic mass is 32.2. The lowest BCUT2D eigenvalue weighted by molar-refractivity contribution is -0.186. The minimum atomic E-state index is -1.28. The van der Waals surface area contributed by atoms with E-state index in [1.807, 2.05) is 44.9 Å². The van der Waals surface area contributed by atoms with E-state index in [1.54, 1.807) is 13.2 Å². The SMILES string of the molecule is COc1c(C)cc2c(c1O)[C@@H]1[C@@H]3[C@@H]4SC[C@]5(NCCc6cc(O)c(C)cc65)C(=O)OCC(c5c6c(c(C)c(OC(C)=O)c54)OCO6)N3[C@@H](O)C(C2)N1C. The number of phenols is 2. The molecule has 2 unspecified atom stereocenters. The molecule has 1 spiro atoms. The van der Waals surface area contributed by atoms with Gasteiger partial charge in [0.05, 0.1) is 30.5 Å². The van der Waals surface area contributed by atoms with E-state index in [2.05, 4.69) is 10.2 Å². The molecule has 0 saturated carbocycles. The first-order chi connectivity index (χ1) is 25.4. The van der Waals surface area contributed by atoms with Gasteiger partial charge >= 0.3 is 11.9 Å². The standard InChI is InChI=1S/C39H43N3O10S/c1-16-10-22-20(12-25(16)44)7-8-40-39(22)14-53-36-28-27(35-34(50-15-51-35)18(3)33(28)52-19(4)43)24(13-49-38(39)47)42-30(36)29-26-21(11-23(37(42)46)41(29)5)9-17(2)32(48-6)31(26)45/h9-10,12,23-24,29-30,36-37,40,44-46H,7-8,11,13-15H2,1-6H3/t23?,24?,29-,30-,36-,37+,39-/m1/s1. The lowest BCUT2D eigenvalue weighted by Gasteiger charge is -2.62. The number of nitrogens with one attached hydrogen (secondary N) is 1. The predicted octanol–water partition coefficient (Wildman–Crippen LogP) is 3.71. The number of hydrogen-bond donors (Lipinski definition) is 4. The van der Waals surface area contributed by atoms with Crippen LogP contribution in [0.5, 0.6) is 34.5 Å². The Morgan fingerprint density at radius 3 is 2.55 bits per heavy atom. The third-order valence-electron chi connectivity index (χ3n) is 12.3. The first-order valence-electron chi connectivity index (χ1n) is 18.0. The number of aromatic hydroxyl groups is 2. The molecule has 3 aromatic rings. The van der Waals surface area contributed by atoms with E-state index in [1.165, 1.54) is 18.7 Å². The number of likely N-dealkylation sites (N-methyl/N-ethyl adjacent to an activating group) is 1. The van der Waals surface area contributed by atoms with Gasteiger partial charge in [0.1, 0.15) is 24.3 Å². The van der Waals surface area contributed by atoms with E-state index >= 15 is 0 Å². The van der Waals surface area contributed by atoms with E-state index in [4.69, 9.17) is 23.7 Å². The molecule has 4 N–H and O–H groups in total. The first kappa shape index (κ1) is 34.6. The van der Waals surface area contributed by atoms with Gasteiger partial charge in [-0.15, -0.1) is 11.8 Å². The van der Waals surface area contributed by atoms with Crippen LogP contribution >= 0.6 is 11.8 Å². The molecule has 0 aliphatic carbocycles. The Kier molecular flexibility index (Phi) is 7.92. The van der Waals surface area contributed by atoms with Gasteiger partial charge in [-0.2, -0.15) is 0 Å². The minimum absolute atomic E-state index is 0.0488. The Morgan fingerprint density at radius 1 is 1.02 bits per heavy atom. The maximum Gasteiger partial charge on any atom is 0.331 e. The van der Waals surface area contributed by atoms with Crippen molar-refractivity contribution in [2.24, 2.45) is 0 Å². The topological polar surface area (TPSA) is 159 Å². The second kappa shape index (κ2) is 12.2. The van der Waals surface area contributed by atoms with Crippen LogP contribution in [-0.4, -0.2) is 95.2 Å². The van der Waals surface area contributed by atoms with Crippen molar-refractivity contribution < 1.29 is 48.6 Å². The molecule has 13 nitrogen and oxygen atoms in total. The molecule has 280 valence electrons. The summed E-state index contributed by atoms with van der Waals surface area (Å²) in [5.41, 5.74) is 5.34. The van der Waals surface area contributed by atoms with E-state index in [-0.39, 0.29) is 36.7 Å². The largest absolute Gasteiger partial charge is 0.508 e. The van der Waals surface area contributed by atoms with Crippen molar-refractivity contribution in [3.8, 4) is 34.5 Å². The van der Waals surface area contributed by atoms with Crippen molar-refractivity contribution >= 4 is 23.7 Å². The number of aryl methyl sites for hydroxylation is 2. The summed E-state index contributed by atoms with van der Waals surface area (Å²) in [4.78, 5) is 31.7.